The van der Waals surface area contributed by atoms with Gasteiger partial charge in [-0.05, 0) is 77.6 Å². The second kappa shape index (κ2) is 11.0. The number of halogens is 3. The Hall–Kier alpha value is -3.97. The lowest BCUT2D eigenvalue weighted by Crippen LogP contribution is -2.38. The molecule has 0 saturated heterocycles. The predicted molar refractivity (Wildman–Crippen MR) is 166 cm³/mol. The zero-order valence-electron chi connectivity index (χ0n) is 22.2. The molecule has 0 unspecified atom stereocenters. The molecular formula is C34H23Cl2FN2O2S. The van der Waals surface area contributed by atoms with Gasteiger partial charge in [-0.15, -0.1) is 0 Å². The van der Waals surface area contributed by atoms with Gasteiger partial charge in [-0.1, -0.05) is 89.1 Å². The van der Waals surface area contributed by atoms with Gasteiger partial charge in [0.1, 0.15) is 18.2 Å². The van der Waals surface area contributed by atoms with Gasteiger partial charge in [-0.3, -0.25) is 9.36 Å². The predicted octanol–water partition coefficient (Wildman–Crippen LogP) is 7.34. The maximum atomic E-state index is 13.9. The highest BCUT2D eigenvalue weighted by atomic mass is 35.5. The second-order valence-electron chi connectivity index (χ2n) is 10.3. The van der Waals surface area contributed by atoms with Gasteiger partial charge < -0.3 is 4.74 Å². The molecule has 0 fully saturated rings. The summed E-state index contributed by atoms with van der Waals surface area (Å²) in [5, 5.41) is 1.13. The van der Waals surface area contributed by atoms with Crippen molar-refractivity contribution < 1.29 is 9.13 Å². The third kappa shape index (κ3) is 5.00. The lowest BCUT2D eigenvalue weighted by molar-refractivity contribution is 0.306. The molecule has 0 radical (unpaired) electrons. The molecule has 0 saturated carbocycles. The van der Waals surface area contributed by atoms with Gasteiger partial charge in [0.25, 0.3) is 5.56 Å². The molecule has 0 N–H and O–H groups in total. The smallest absolute Gasteiger partial charge is 0.271 e. The average molecular weight is 614 g/mol. The lowest BCUT2D eigenvalue weighted by atomic mass is 9.83. The summed E-state index contributed by atoms with van der Waals surface area (Å²) < 4.78 is 22.1. The summed E-state index contributed by atoms with van der Waals surface area (Å²) in [6, 6.07) is 27.2. The van der Waals surface area contributed by atoms with Crippen LogP contribution in [0.2, 0.25) is 10.0 Å². The van der Waals surface area contributed by atoms with Crippen molar-refractivity contribution >= 4 is 46.3 Å². The van der Waals surface area contributed by atoms with E-state index in [4.69, 9.17) is 32.9 Å². The second-order valence-corrected chi connectivity index (χ2v) is 12.1. The topological polar surface area (TPSA) is 43.6 Å². The third-order valence-electron chi connectivity index (χ3n) is 7.65. The van der Waals surface area contributed by atoms with Gasteiger partial charge in [-0.2, -0.15) is 0 Å². The summed E-state index contributed by atoms with van der Waals surface area (Å²) in [6.45, 7) is 0.311. The molecule has 2 heterocycles. The number of hydrogen-bond acceptors (Lipinski definition) is 4. The highest BCUT2D eigenvalue weighted by molar-refractivity contribution is 7.07. The zero-order valence-corrected chi connectivity index (χ0v) is 24.5. The van der Waals surface area contributed by atoms with Crippen LogP contribution in [0.1, 0.15) is 40.3 Å². The highest BCUT2D eigenvalue weighted by Crippen LogP contribution is 2.41. The number of rotatable bonds is 5. The molecule has 1 aliphatic carbocycles. The van der Waals surface area contributed by atoms with E-state index in [0.29, 0.717) is 31.7 Å². The minimum absolute atomic E-state index is 0.115. The Labute approximate surface area is 255 Å². The number of hydrogen-bond donors (Lipinski definition) is 0. The van der Waals surface area contributed by atoms with Crippen LogP contribution in [0.15, 0.2) is 106 Å². The van der Waals surface area contributed by atoms with Crippen molar-refractivity contribution in [1.82, 2.24) is 4.57 Å². The Morgan fingerprint density at radius 3 is 2.55 bits per heavy atom. The van der Waals surface area contributed by atoms with Crippen molar-refractivity contribution in [3.63, 3.8) is 0 Å². The van der Waals surface area contributed by atoms with Crippen molar-refractivity contribution in [2.45, 2.75) is 25.5 Å². The summed E-state index contributed by atoms with van der Waals surface area (Å²) in [4.78, 5) is 19.6. The summed E-state index contributed by atoms with van der Waals surface area (Å²) in [6.07, 6.45) is 3.53. The number of aromatic nitrogens is 1. The molecule has 0 amide bonds. The molecule has 7 rings (SSSR count). The quantitative estimate of drug-likeness (QED) is 0.208. The first-order valence-electron chi connectivity index (χ1n) is 13.5. The van der Waals surface area contributed by atoms with Crippen LogP contribution < -0.4 is 19.6 Å². The van der Waals surface area contributed by atoms with Crippen molar-refractivity contribution in [2.75, 3.05) is 0 Å². The molecule has 5 aromatic rings. The number of allylic oxidation sites excluding steroid dienone is 1. The molecule has 4 aromatic carbocycles. The molecule has 1 atom stereocenters. The number of thiazole rings is 1. The first-order chi connectivity index (χ1) is 20.4. The SMILES string of the molecule is O=c1/c(=C\c2ccc(OCc3ccc(Cl)cc3Cl)cc2)sc2n1[C@@H](c1ccc(F)cc1)C1=C(N=2)c2ccccc2CC1. The van der Waals surface area contributed by atoms with Gasteiger partial charge in [0, 0.05) is 21.2 Å². The fourth-order valence-electron chi connectivity index (χ4n) is 5.58. The van der Waals surface area contributed by atoms with E-state index in [0.717, 1.165) is 46.4 Å². The Morgan fingerprint density at radius 1 is 0.976 bits per heavy atom. The fourth-order valence-corrected chi connectivity index (χ4v) is 7.04. The molecule has 1 aromatic heterocycles. The lowest BCUT2D eigenvalue weighted by Gasteiger charge is -2.30. The monoisotopic (exact) mass is 612 g/mol. The number of fused-ring (bicyclic) bond motifs is 3. The molecule has 2 aliphatic rings. The Kier molecular flexibility index (Phi) is 7.06. The van der Waals surface area contributed by atoms with Crippen LogP contribution in [0, 0.1) is 5.82 Å². The number of nitrogens with zero attached hydrogens (tertiary/aromatic N) is 2. The first kappa shape index (κ1) is 26.9. The molecule has 208 valence electrons. The first-order valence-corrected chi connectivity index (χ1v) is 15.1. The van der Waals surface area contributed by atoms with Crippen LogP contribution >= 0.6 is 34.5 Å². The van der Waals surface area contributed by atoms with Gasteiger partial charge in [0.15, 0.2) is 4.80 Å². The van der Waals surface area contributed by atoms with Crippen LogP contribution in [0.5, 0.6) is 5.75 Å². The maximum absolute atomic E-state index is 13.9. The zero-order chi connectivity index (χ0) is 28.8. The maximum Gasteiger partial charge on any atom is 0.271 e. The number of ether oxygens (including phenoxy) is 1. The molecular weight excluding hydrogens is 590 g/mol. The molecule has 1 aliphatic heterocycles. The molecule has 8 heteroatoms. The van der Waals surface area contributed by atoms with Crippen LogP contribution in [0.3, 0.4) is 0 Å². The summed E-state index contributed by atoms with van der Waals surface area (Å²) in [7, 11) is 0. The Balaban J connectivity index is 1.26. The summed E-state index contributed by atoms with van der Waals surface area (Å²) >= 11 is 13.6. The van der Waals surface area contributed by atoms with E-state index in [2.05, 4.69) is 12.1 Å². The van der Waals surface area contributed by atoms with E-state index >= 15 is 0 Å². The van der Waals surface area contributed by atoms with Gasteiger partial charge in [0.05, 0.1) is 16.3 Å². The van der Waals surface area contributed by atoms with Gasteiger partial charge in [-0.25, -0.2) is 9.38 Å². The summed E-state index contributed by atoms with van der Waals surface area (Å²) in [5.41, 5.74) is 6.81. The number of benzene rings is 4. The van der Waals surface area contributed by atoms with E-state index in [9.17, 15) is 9.18 Å². The molecule has 4 nitrogen and oxygen atoms in total. The van der Waals surface area contributed by atoms with Gasteiger partial charge >= 0.3 is 0 Å². The van der Waals surface area contributed by atoms with E-state index < -0.39 is 0 Å². The standard InChI is InChI=1S/C34H23Cl2FN2O2S/c35-24-11-7-23(29(36)18-24)19-41-26-14-5-20(6-15-26)17-30-33(40)39-32(22-8-12-25(37)13-9-22)28-16-10-21-3-1-2-4-27(21)31(28)38-34(39)42-30/h1-9,11-15,17-18,32H,10,16,19H2/b30-17+/t32-/m0/s1. The Morgan fingerprint density at radius 2 is 1.76 bits per heavy atom. The Bertz CT molecular complexity index is 2050. The van der Waals surface area contributed by atoms with Crippen LogP contribution in [-0.2, 0) is 13.0 Å². The molecule has 0 bridgehead atoms. The number of aryl methyl sites for hydroxylation is 1. The van der Waals surface area contributed by atoms with Crippen molar-refractivity contribution in [1.29, 1.82) is 0 Å². The van der Waals surface area contributed by atoms with Crippen LogP contribution in [-0.4, -0.2) is 4.57 Å². The van der Waals surface area contributed by atoms with Crippen molar-refractivity contribution in [3.05, 3.63) is 160 Å². The summed E-state index contributed by atoms with van der Waals surface area (Å²) in [5.74, 6) is 0.375. The minimum atomic E-state index is -0.345. The van der Waals surface area contributed by atoms with Crippen LogP contribution in [0.4, 0.5) is 4.39 Å². The average Bonchev–Trinajstić information content (AvgIpc) is 3.31. The highest BCUT2D eigenvalue weighted by Gasteiger charge is 2.32. The largest absolute Gasteiger partial charge is 0.489 e. The van der Waals surface area contributed by atoms with Crippen molar-refractivity contribution in [3.8, 4) is 5.75 Å². The van der Waals surface area contributed by atoms with E-state index in [1.165, 1.54) is 29.0 Å². The normalized spacial score (nSPS) is 16.0. The van der Waals surface area contributed by atoms with E-state index in [-0.39, 0.29) is 17.4 Å². The third-order valence-corrected chi connectivity index (χ3v) is 9.22. The van der Waals surface area contributed by atoms with Gasteiger partial charge in [0.2, 0.25) is 0 Å². The van der Waals surface area contributed by atoms with E-state index in [1.54, 1.807) is 28.8 Å². The fraction of sp³-hybridized carbons (Fsp3) is 0.118. The van der Waals surface area contributed by atoms with Crippen molar-refractivity contribution in [2.24, 2.45) is 4.99 Å². The molecule has 42 heavy (non-hydrogen) atoms. The van der Waals surface area contributed by atoms with E-state index in [1.807, 2.05) is 48.5 Å². The van der Waals surface area contributed by atoms with Crippen LogP contribution in [0.25, 0.3) is 11.8 Å². The minimum Gasteiger partial charge on any atom is -0.489 e. The molecule has 0 spiro atoms.